The minimum atomic E-state index is -2.98. The Labute approximate surface area is 104 Å². The third-order valence-corrected chi connectivity index (χ3v) is 1.57. The standard InChI is InChI=1S/CH5O2PS2.2Na/c1-3-4(2,5)6;;/h1H3,(H2,2,5,6);;/q;2*+1/p-2. The Balaban J connectivity index is -0.000000125. The summed E-state index contributed by atoms with van der Waals surface area (Å²) in [6.45, 7) is 0. The predicted molar refractivity (Wildman–Crippen MR) is 28.7 cm³/mol. The van der Waals surface area contributed by atoms with Crippen LogP contribution >= 0.6 is 5.69 Å². The van der Waals surface area contributed by atoms with Crippen LogP contribution in [0.25, 0.3) is 0 Å². The SMILES string of the molecule is COP([O-])(=S)[S-].[Na+].[Na+]. The van der Waals surface area contributed by atoms with Gasteiger partial charge in [0.15, 0.2) is 0 Å². The van der Waals surface area contributed by atoms with Gasteiger partial charge >= 0.3 is 59.1 Å². The van der Waals surface area contributed by atoms with Gasteiger partial charge in [0, 0.05) is 7.11 Å². The van der Waals surface area contributed by atoms with Gasteiger partial charge in [-0.2, -0.15) is 0 Å². The normalized spacial score (nSPS) is 14.9. The van der Waals surface area contributed by atoms with Gasteiger partial charge in [-0.25, -0.2) is 0 Å². The molecule has 0 saturated carbocycles. The fourth-order valence-electron chi connectivity index (χ4n) is 0. The molecule has 0 rings (SSSR count). The largest absolute Gasteiger partial charge is 1.00 e. The quantitative estimate of drug-likeness (QED) is 0.233. The van der Waals surface area contributed by atoms with E-state index in [1.807, 2.05) is 0 Å². The fourth-order valence-corrected chi connectivity index (χ4v) is 0. The molecule has 0 aliphatic rings. The zero-order valence-electron chi connectivity index (χ0n) is 5.08. The van der Waals surface area contributed by atoms with Gasteiger partial charge < -0.3 is 21.7 Å². The number of rotatable bonds is 1. The van der Waals surface area contributed by atoms with Gasteiger partial charge in [-0.1, -0.05) is 0 Å². The van der Waals surface area contributed by atoms with E-state index in [9.17, 15) is 4.89 Å². The summed E-state index contributed by atoms with van der Waals surface area (Å²) >= 11 is 8.27. The van der Waals surface area contributed by atoms with Crippen molar-refractivity contribution in [1.29, 1.82) is 0 Å². The first kappa shape index (κ1) is 17.1. The van der Waals surface area contributed by atoms with Gasteiger partial charge in [0.1, 0.15) is 0 Å². The predicted octanol–water partition coefficient (Wildman–Crippen LogP) is -6.23. The molecule has 0 aromatic carbocycles. The molecule has 8 heavy (non-hydrogen) atoms. The van der Waals surface area contributed by atoms with Crippen molar-refractivity contribution in [2.45, 2.75) is 0 Å². The maximum Gasteiger partial charge on any atom is 1.00 e. The summed E-state index contributed by atoms with van der Waals surface area (Å²) in [6.07, 6.45) is 0. The summed E-state index contributed by atoms with van der Waals surface area (Å²) in [5.41, 5.74) is -2.98. The molecule has 0 aliphatic heterocycles. The Kier molecular flexibility index (Phi) is 17.2. The van der Waals surface area contributed by atoms with E-state index in [1.54, 1.807) is 0 Å². The van der Waals surface area contributed by atoms with E-state index in [-0.39, 0.29) is 59.1 Å². The summed E-state index contributed by atoms with van der Waals surface area (Å²) in [5.74, 6) is 0. The van der Waals surface area contributed by atoms with Crippen molar-refractivity contribution in [2.24, 2.45) is 0 Å². The third kappa shape index (κ3) is 16.0. The number of hydrogen-bond donors (Lipinski definition) is 0. The van der Waals surface area contributed by atoms with Gasteiger partial charge in [-0.15, -0.1) is 17.5 Å². The molecule has 1 atom stereocenters. The summed E-state index contributed by atoms with van der Waals surface area (Å²) in [5, 5.41) is 0. The Morgan fingerprint density at radius 3 is 1.75 bits per heavy atom. The second-order valence-electron chi connectivity index (χ2n) is 0.630. The maximum absolute atomic E-state index is 9.99. The Morgan fingerprint density at radius 2 is 1.75 bits per heavy atom. The average molecular weight is 188 g/mol. The molecule has 0 amide bonds. The minimum Gasteiger partial charge on any atom is -0.819 e. The van der Waals surface area contributed by atoms with Crippen LogP contribution in [-0.2, 0) is 28.6 Å². The third-order valence-electron chi connectivity index (χ3n) is 0.224. The first-order chi connectivity index (χ1) is 2.56. The first-order valence-corrected chi connectivity index (χ1v) is 4.79. The van der Waals surface area contributed by atoms with Crippen LogP contribution in [0.1, 0.15) is 0 Å². The molecular formula is CH3Na2O2PS2. The topological polar surface area (TPSA) is 32.3 Å². The van der Waals surface area contributed by atoms with Gasteiger partial charge in [0.05, 0.1) is 0 Å². The van der Waals surface area contributed by atoms with Crippen molar-refractivity contribution >= 4 is 29.7 Å². The zero-order chi connectivity index (χ0) is 5.21. The minimum absolute atomic E-state index is 0. The van der Waals surface area contributed by atoms with Crippen molar-refractivity contribution in [1.82, 2.24) is 0 Å². The molecule has 1 unspecified atom stereocenters. The van der Waals surface area contributed by atoms with Crippen LogP contribution in [0.2, 0.25) is 0 Å². The monoisotopic (exact) mass is 188 g/mol. The number of hydrogen-bond acceptors (Lipinski definition) is 4. The van der Waals surface area contributed by atoms with Crippen molar-refractivity contribution in [3.8, 4) is 0 Å². The Hall–Kier alpha value is 2.92. The van der Waals surface area contributed by atoms with Gasteiger partial charge in [0.2, 0.25) is 0 Å². The van der Waals surface area contributed by atoms with Crippen LogP contribution in [0.4, 0.5) is 0 Å². The molecule has 0 bridgehead atoms. The van der Waals surface area contributed by atoms with Crippen LogP contribution in [-0.4, -0.2) is 7.11 Å². The molecule has 0 fully saturated rings. The van der Waals surface area contributed by atoms with E-state index in [1.165, 1.54) is 7.11 Å². The maximum atomic E-state index is 9.99. The van der Waals surface area contributed by atoms with Crippen LogP contribution in [0.5, 0.6) is 0 Å². The van der Waals surface area contributed by atoms with Crippen LogP contribution in [0.3, 0.4) is 0 Å². The molecule has 0 aromatic rings. The smallest absolute Gasteiger partial charge is 0.819 e. The molecule has 7 heteroatoms. The van der Waals surface area contributed by atoms with Crippen molar-refractivity contribution in [2.75, 3.05) is 7.11 Å². The molecule has 0 saturated heterocycles. The van der Waals surface area contributed by atoms with E-state index in [0.717, 1.165) is 0 Å². The molecule has 2 nitrogen and oxygen atoms in total. The van der Waals surface area contributed by atoms with E-state index in [2.05, 4.69) is 28.6 Å². The second-order valence-corrected chi connectivity index (χ2v) is 5.47. The molecule has 0 radical (unpaired) electrons. The molecule has 0 heterocycles. The summed E-state index contributed by atoms with van der Waals surface area (Å²) in [6, 6.07) is 0. The van der Waals surface area contributed by atoms with Gasteiger partial charge in [0.25, 0.3) is 0 Å². The van der Waals surface area contributed by atoms with Crippen LogP contribution < -0.4 is 64.0 Å². The van der Waals surface area contributed by atoms with Crippen molar-refractivity contribution in [3.05, 3.63) is 0 Å². The molecule has 38 valence electrons. The zero-order valence-corrected chi connectivity index (χ0v) is 11.6. The summed E-state index contributed by atoms with van der Waals surface area (Å²) < 4.78 is 4.12. The Morgan fingerprint density at radius 1 is 1.62 bits per heavy atom. The van der Waals surface area contributed by atoms with Gasteiger partial charge in [-0.3, -0.25) is 0 Å². The molecule has 0 aliphatic carbocycles. The summed E-state index contributed by atoms with van der Waals surface area (Å²) in [4.78, 5) is 9.99. The van der Waals surface area contributed by atoms with E-state index >= 15 is 0 Å². The summed E-state index contributed by atoms with van der Waals surface area (Å²) in [7, 11) is 1.24. The Bertz CT molecular complexity index is 82.1. The second kappa shape index (κ2) is 8.02. The molecule has 0 aromatic heterocycles. The first-order valence-electron chi connectivity index (χ1n) is 1.14. The van der Waals surface area contributed by atoms with E-state index in [0.29, 0.717) is 0 Å². The van der Waals surface area contributed by atoms with Crippen molar-refractivity contribution < 1.29 is 68.5 Å². The van der Waals surface area contributed by atoms with Gasteiger partial charge in [-0.05, 0) is 0 Å². The van der Waals surface area contributed by atoms with Crippen molar-refractivity contribution in [3.63, 3.8) is 0 Å². The van der Waals surface area contributed by atoms with E-state index < -0.39 is 5.69 Å². The molecule has 0 N–H and O–H groups in total. The molecular weight excluding hydrogens is 185 g/mol. The molecule has 0 spiro atoms. The fraction of sp³-hybridized carbons (Fsp3) is 1.00. The average Bonchev–Trinajstić information content (AvgIpc) is 1.35. The van der Waals surface area contributed by atoms with Crippen LogP contribution in [0, 0.1) is 0 Å². The van der Waals surface area contributed by atoms with E-state index in [4.69, 9.17) is 0 Å². The van der Waals surface area contributed by atoms with Crippen LogP contribution in [0.15, 0.2) is 0 Å².